The Morgan fingerprint density at radius 1 is 1.30 bits per heavy atom. The predicted octanol–water partition coefficient (Wildman–Crippen LogP) is 1.57. The molecule has 0 radical (unpaired) electrons. The average Bonchev–Trinajstić information content (AvgIpc) is 3.48. The summed E-state index contributed by atoms with van der Waals surface area (Å²) in [5.74, 6) is 0.267. The molecular weight excluding hydrogens is 519 g/mol. The smallest absolute Gasteiger partial charge is 0.330 e. The van der Waals surface area contributed by atoms with Gasteiger partial charge in [0.1, 0.15) is 18.3 Å². The molecule has 0 amide bonds. The summed E-state index contributed by atoms with van der Waals surface area (Å²) in [5.41, 5.74) is 1.81. The van der Waals surface area contributed by atoms with Gasteiger partial charge in [-0.2, -0.15) is 10.2 Å². The quantitative estimate of drug-likeness (QED) is 0.257. The van der Waals surface area contributed by atoms with E-state index in [4.69, 9.17) is 19.0 Å². The van der Waals surface area contributed by atoms with Crippen LogP contribution in [0.3, 0.4) is 0 Å². The summed E-state index contributed by atoms with van der Waals surface area (Å²) in [6.07, 6.45) is -1.89. The van der Waals surface area contributed by atoms with Crippen LogP contribution < -0.4 is 5.56 Å². The number of ether oxygens (including phenoxy) is 1. The Morgan fingerprint density at radius 3 is 2.85 bits per heavy atom. The van der Waals surface area contributed by atoms with E-state index in [1.807, 2.05) is 0 Å². The summed E-state index contributed by atoms with van der Waals surface area (Å²) in [6.45, 7) is 0.0651. The van der Waals surface area contributed by atoms with Crippen molar-refractivity contribution in [3.05, 3.63) is 51.1 Å². The third kappa shape index (κ3) is 3.23. The van der Waals surface area contributed by atoms with Gasteiger partial charge in [0.25, 0.3) is 5.56 Å². The number of nitrogens with one attached hydrogen (secondary N) is 1. The number of imidazole rings is 2. The van der Waals surface area contributed by atoms with Crippen LogP contribution in [0.2, 0.25) is 0 Å². The fourth-order valence-electron chi connectivity index (χ4n) is 4.07. The van der Waals surface area contributed by atoms with E-state index in [1.165, 1.54) is 8.97 Å². The summed E-state index contributed by atoms with van der Waals surface area (Å²) in [7, 11) is -2.09. The van der Waals surface area contributed by atoms with Gasteiger partial charge in [0.05, 0.1) is 23.9 Å². The van der Waals surface area contributed by atoms with Crippen molar-refractivity contribution in [3.8, 4) is 17.3 Å². The summed E-state index contributed by atoms with van der Waals surface area (Å²) in [6, 6.07) is 8.97. The largest absolute Gasteiger partial charge is 0.386 e. The fraction of sp³-hybridized carbons (Fsp3) is 0.263. The number of aliphatic hydroxyl groups is 1. The Bertz CT molecular complexity index is 1490. The maximum Gasteiger partial charge on any atom is 0.330 e. The second-order valence-electron chi connectivity index (χ2n) is 7.55. The van der Waals surface area contributed by atoms with Gasteiger partial charge in [-0.05, 0) is 33.6 Å². The number of fused-ring (bicyclic) bond motifs is 3. The van der Waals surface area contributed by atoms with E-state index < -0.39 is 38.7 Å². The first-order valence-corrected chi connectivity index (χ1v) is 11.7. The van der Waals surface area contributed by atoms with E-state index in [2.05, 4.69) is 37.0 Å². The highest BCUT2D eigenvalue weighted by molar-refractivity contribution is 9.10. The van der Waals surface area contributed by atoms with Gasteiger partial charge in [0.15, 0.2) is 22.1 Å². The zero-order valence-electron chi connectivity index (χ0n) is 16.5. The Labute approximate surface area is 194 Å². The molecule has 2 saturated heterocycles. The van der Waals surface area contributed by atoms with Crippen molar-refractivity contribution in [1.82, 2.24) is 23.9 Å². The van der Waals surface area contributed by atoms with Crippen molar-refractivity contribution in [2.75, 3.05) is 6.61 Å². The van der Waals surface area contributed by atoms with Crippen LogP contribution >= 0.6 is 24.5 Å². The standard InChI is InChI=1S/C19H14BrN6O6P/c20-18-23-12-15(26(18)17-13(27)14-11(31-17)7-30-33(29)32-14)24-19-22-10(6-25(19)16(12)28)9-3-1-8(5-21)2-4-9/h1-4,6,11,13-14,17,27,29H,7H2,(H,22,24). The third-order valence-electron chi connectivity index (χ3n) is 5.66. The lowest BCUT2D eigenvalue weighted by Gasteiger charge is -2.27. The minimum Gasteiger partial charge on any atom is -0.386 e. The molecule has 168 valence electrons. The van der Waals surface area contributed by atoms with Crippen molar-refractivity contribution in [2.24, 2.45) is 0 Å². The number of hydrogen-bond donors (Lipinski definition) is 3. The molecule has 2 aliphatic heterocycles. The molecule has 33 heavy (non-hydrogen) atoms. The van der Waals surface area contributed by atoms with Gasteiger partial charge in [-0.1, -0.05) is 12.1 Å². The molecule has 4 aromatic rings. The highest BCUT2D eigenvalue weighted by Gasteiger charge is 2.50. The number of aromatic amines is 1. The van der Waals surface area contributed by atoms with Gasteiger partial charge < -0.3 is 28.8 Å². The lowest BCUT2D eigenvalue weighted by Crippen LogP contribution is -2.38. The lowest BCUT2D eigenvalue weighted by molar-refractivity contribution is -0.0594. The second-order valence-corrected chi connectivity index (χ2v) is 9.20. The molecule has 5 unspecified atom stereocenters. The van der Waals surface area contributed by atoms with Gasteiger partial charge >= 0.3 is 8.60 Å². The van der Waals surface area contributed by atoms with Gasteiger partial charge in [-0.15, -0.1) is 0 Å². The Kier molecular flexibility index (Phi) is 4.86. The third-order valence-corrected chi connectivity index (χ3v) is 7.01. The maximum absolute atomic E-state index is 13.2. The number of nitrogens with zero attached hydrogens (tertiary/aromatic N) is 5. The molecule has 5 heterocycles. The number of hydrogen-bond acceptors (Lipinski definition) is 9. The number of H-pyrrole nitrogens is 1. The van der Waals surface area contributed by atoms with Crippen molar-refractivity contribution < 1.29 is 23.8 Å². The van der Waals surface area contributed by atoms with E-state index in [1.54, 1.807) is 30.5 Å². The predicted molar refractivity (Wildman–Crippen MR) is 117 cm³/mol. The number of halogens is 1. The van der Waals surface area contributed by atoms with Crippen molar-refractivity contribution in [1.29, 1.82) is 5.26 Å². The van der Waals surface area contributed by atoms with Crippen molar-refractivity contribution in [3.63, 3.8) is 0 Å². The first-order chi connectivity index (χ1) is 15.9. The summed E-state index contributed by atoms with van der Waals surface area (Å²) < 4.78 is 19.4. The molecule has 0 bridgehead atoms. The maximum atomic E-state index is 13.2. The van der Waals surface area contributed by atoms with Crippen LogP contribution in [0, 0.1) is 11.3 Å². The minimum absolute atomic E-state index is 0.0651. The molecule has 3 aromatic heterocycles. The molecule has 1 aromatic carbocycles. The zero-order valence-corrected chi connectivity index (χ0v) is 19.0. The Morgan fingerprint density at radius 2 is 2.09 bits per heavy atom. The van der Waals surface area contributed by atoms with Gasteiger partial charge in [-0.3, -0.25) is 9.36 Å². The molecule has 2 aliphatic rings. The molecule has 0 saturated carbocycles. The highest BCUT2D eigenvalue weighted by Crippen LogP contribution is 2.47. The summed E-state index contributed by atoms with van der Waals surface area (Å²) in [4.78, 5) is 34.8. The van der Waals surface area contributed by atoms with Crippen molar-refractivity contribution in [2.45, 2.75) is 24.5 Å². The van der Waals surface area contributed by atoms with Crippen molar-refractivity contribution >= 4 is 41.5 Å². The minimum atomic E-state index is -2.09. The Hall–Kier alpha value is -2.69. The molecule has 6 rings (SSSR count). The Balaban J connectivity index is 1.46. The lowest BCUT2D eigenvalue weighted by atomic mass is 10.1. The number of aromatic nitrogens is 5. The van der Waals surface area contributed by atoms with Crippen LogP contribution in [-0.4, -0.2) is 58.8 Å². The van der Waals surface area contributed by atoms with Crippen LogP contribution in [0.25, 0.3) is 28.2 Å². The van der Waals surface area contributed by atoms with Gasteiger partial charge in [-0.25, -0.2) is 9.38 Å². The van der Waals surface area contributed by atoms with E-state index in [0.29, 0.717) is 11.3 Å². The first-order valence-electron chi connectivity index (χ1n) is 9.76. The molecule has 5 atom stereocenters. The first kappa shape index (κ1) is 20.9. The zero-order chi connectivity index (χ0) is 22.9. The summed E-state index contributed by atoms with van der Waals surface area (Å²) >= 11 is 3.34. The van der Waals surface area contributed by atoms with Crippen LogP contribution in [0.15, 0.2) is 40.0 Å². The highest BCUT2D eigenvalue weighted by atomic mass is 79.9. The number of nitriles is 1. The topological polar surface area (TPSA) is 160 Å². The molecule has 2 fully saturated rings. The molecule has 3 N–H and O–H groups in total. The molecule has 14 heteroatoms. The number of aliphatic hydroxyl groups excluding tert-OH is 1. The summed E-state index contributed by atoms with van der Waals surface area (Å²) in [5, 5.41) is 19.8. The fourth-order valence-corrected chi connectivity index (χ4v) is 5.42. The van der Waals surface area contributed by atoms with Crippen LogP contribution in [-0.2, 0) is 13.8 Å². The molecule has 0 spiro atoms. The monoisotopic (exact) mass is 532 g/mol. The van der Waals surface area contributed by atoms with Crippen LogP contribution in [0.1, 0.15) is 11.8 Å². The van der Waals surface area contributed by atoms with E-state index >= 15 is 0 Å². The van der Waals surface area contributed by atoms with Gasteiger partial charge in [0, 0.05) is 6.20 Å². The molecular formula is C19H14BrN6O6P. The normalized spacial score (nSPS) is 27.2. The van der Waals surface area contributed by atoms with Gasteiger partial charge in [0.2, 0.25) is 5.78 Å². The van der Waals surface area contributed by atoms with E-state index in [9.17, 15) is 14.8 Å². The van der Waals surface area contributed by atoms with Crippen LogP contribution in [0.4, 0.5) is 0 Å². The van der Waals surface area contributed by atoms with E-state index in [-0.39, 0.29) is 28.3 Å². The van der Waals surface area contributed by atoms with Crippen LogP contribution in [0.5, 0.6) is 0 Å². The second kappa shape index (κ2) is 7.68. The number of benzene rings is 1. The molecule has 0 aliphatic carbocycles. The number of rotatable bonds is 2. The van der Waals surface area contributed by atoms with E-state index in [0.717, 1.165) is 5.56 Å². The average molecular weight is 533 g/mol. The SMILES string of the molecule is N#Cc1ccc(-c2cn3c(=O)c4nc(Br)n(C5OC6COP(O)OC6C5O)c4nc3[nH]2)cc1. The molecule has 12 nitrogen and oxygen atoms in total.